The van der Waals surface area contributed by atoms with E-state index >= 15 is 0 Å². The lowest BCUT2D eigenvalue weighted by Crippen LogP contribution is -2.52. The lowest BCUT2D eigenvalue weighted by Gasteiger charge is -2.24. The van der Waals surface area contributed by atoms with Crippen LogP contribution in [0.25, 0.3) is 0 Å². The first-order chi connectivity index (χ1) is 11.0. The third-order valence-corrected chi connectivity index (χ3v) is 4.77. The fourth-order valence-corrected chi connectivity index (χ4v) is 3.29. The molecule has 128 valence electrons. The van der Waals surface area contributed by atoms with E-state index in [2.05, 4.69) is 47.5 Å². The molecule has 0 aliphatic carbocycles. The number of likely N-dealkylation sites (tertiary alicyclic amines) is 1. The minimum atomic E-state index is -0.736. The number of hydrogen-bond acceptors (Lipinski definition) is 3. The van der Waals surface area contributed by atoms with Gasteiger partial charge in [0.1, 0.15) is 0 Å². The van der Waals surface area contributed by atoms with Crippen LogP contribution in [0.15, 0.2) is 30.3 Å². The monoisotopic (exact) mass is 317 g/mol. The molecular weight excluding hydrogens is 286 g/mol. The van der Waals surface area contributed by atoms with Crippen molar-refractivity contribution >= 4 is 5.91 Å². The maximum Gasteiger partial charge on any atom is 0.239 e. The smallest absolute Gasteiger partial charge is 0.239 e. The summed E-state index contributed by atoms with van der Waals surface area (Å²) in [5, 5.41) is 3.05. The zero-order valence-corrected chi connectivity index (χ0v) is 14.6. The van der Waals surface area contributed by atoms with Gasteiger partial charge in [0.15, 0.2) is 0 Å². The molecule has 23 heavy (non-hydrogen) atoms. The Morgan fingerprint density at radius 3 is 2.83 bits per heavy atom. The zero-order chi connectivity index (χ0) is 16.7. The molecule has 1 aliphatic heterocycles. The Morgan fingerprint density at radius 2 is 2.13 bits per heavy atom. The Hall–Kier alpha value is -1.39. The summed E-state index contributed by atoms with van der Waals surface area (Å²) in [6.07, 6.45) is 3.91. The van der Waals surface area contributed by atoms with Gasteiger partial charge in [-0.05, 0) is 44.2 Å². The molecule has 1 aliphatic rings. The highest BCUT2D eigenvalue weighted by Crippen LogP contribution is 2.16. The van der Waals surface area contributed by atoms with E-state index in [9.17, 15) is 4.79 Å². The maximum absolute atomic E-state index is 12.2. The zero-order valence-electron chi connectivity index (χ0n) is 14.6. The molecule has 0 spiro atoms. The number of carbonyl (C=O) groups excluding carboxylic acids is 1. The van der Waals surface area contributed by atoms with Crippen LogP contribution in [0.4, 0.5) is 0 Å². The molecule has 1 heterocycles. The quantitative estimate of drug-likeness (QED) is 0.773. The normalized spacial score (nSPS) is 21.1. The molecule has 2 rings (SSSR count). The second-order valence-corrected chi connectivity index (χ2v) is 7.07. The fourth-order valence-electron chi connectivity index (χ4n) is 3.29. The van der Waals surface area contributed by atoms with Crippen molar-refractivity contribution in [2.45, 2.75) is 45.1 Å². The SMILES string of the molecule is CCCC(C)(N)C(=O)NCC1CCN(CCc2ccccc2)C1. The summed E-state index contributed by atoms with van der Waals surface area (Å²) >= 11 is 0. The van der Waals surface area contributed by atoms with Gasteiger partial charge >= 0.3 is 0 Å². The van der Waals surface area contributed by atoms with Crippen LogP contribution in [-0.2, 0) is 11.2 Å². The summed E-state index contributed by atoms with van der Waals surface area (Å²) < 4.78 is 0. The molecule has 0 bridgehead atoms. The van der Waals surface area contributed by atoms with Gasteiger partial charge in [0.05, 0.1) is 5.54 Å². The summed E-state index contributed by atoms with van der Waals surface area (Å²) in [5.74, 6) is 0.536. The molecule has 1 amide bonds. The Labute approximate surface area is 140 Å². The van der Waals surface area contributed by atoms with Crippen molar-refractivity contribution in [3.8, 4) is 0 Å². The number of hydrogen-bond donors (Lipinski definition) is 2. The van der Waals surface area contributed by atoms with Crippen molar-refractivity contribution in [2.75, 3.05) is 26.2 Å². The van der Waals surface area contributed by atoms with Crippen molar-refractivity contribution < 1.29 is 4.79 Å². The van der Waals surface area contributed by atoms with Crippen LogP contribution in [0.1, 0.15) is 38.7 Å². The molecule has 1 aromatic rings. The predicted octanol–water partition coefficient (Wildman–Crippen LogP) is 2.18. The minimum absolute atomic E-state index is 0.0120. The highest BCUT2D eigenvalue weighted by Gasteiger charge is 2.29. The largest absolute Gasteiger partial charge is 0.354 e. The van der Waals surface area contributed by atoms with Crippen LogP contribution in [-0.4, -0.2) is 42.5 Å². The molecule has 1 fully saturated rings. The van der Waals surface area contributed by atoms with Crippen LogP contribution in [0.2, 0.25) is 0 Å². The molecular formula is C19H31N3O. The third kappa shape index (κ3) is 5.63. The van der Waals surface area contributed by atoms with Crippen LogP contribution in [0.3, 0.4) is 0 Å². The van der Waals surface area contributed by atoms with Gasteiger partial charge in [0, 0.05) is 19.6 Å². The van der Waals surface area contributed by atoms with Gasteiger partial charge in [-0.3, -0.25) is 4.79 Å². The number of nitrogens with one attached hydrogen (secondary N) is 1. The Balaban J connectivity index is 1.68. The topological polar surface area (TPSA) is 58.4 Å². The molecule has 0 aromatic heterocycles. The lowest BCUT2D eigenvalue weighted by molar-refractivity contribution is -0.126. The Bertz CT molecular complexity index is 487. The second-order valence-electron chi connectivity index (χ2n) is 7.07. The number of benzene rings is 1. The second kappa shape index (κ2) is 8.46. The van der Waals surface area contributed by atoms with Crippen LogP contribution < -0.4 is 11.1 Å². The fraction of sp³-hybridized carbons (Fsp3) is 0.632. The number of amides is 1. The molecule has 1 aromatic carbocycles. The van der Waals surface area contributed by atoms with Gasteiger partial charge in [-0.2, -0.15) is 0 Å². The molecule has 1 saturated heterocycles. The third-order valence-electron chi connectivity index (χ3n) is 4.77. The highest BCUT2D eigenvalue weighted by molar-refractivity contribution is 5.85. The van der Waals surface area contributed by atoms with E-state index in [0.29, 0.717) is 5.92 Å². The maximum atomic E-state index is 12.2. The first-order valence-electron chi connectivity index (χ1n) is 8.84. The van der Waals surface area contributed by atoms with Crippen molar-refractivity contribution in [1.29, 1.82) is 0 Å². The molecule has 4 nitrogen and oxygen atoms in total. The summed E-state index contributed by atoms with van der Waals surface area (Å²) in [5.41, 5.74) is 6.73. The van der Waals surface area contributed by atoms with Crippen molar-refractivity contribution in [3.05, 3.63) is 35.9 Å². The van der Waals surface area contributed by atoms with Crippen molar-refractivity contribution in [1.82, 2.24) is 10.2 Å². The summed E-state index contributed by atoms with van der Waals surface area (Å²) in [6, 6.07) is 10.6. The molecule has 4 heteroatoms. The van der Waals surface area contributed by atoms with Crippen molar-refractivity contribution in [3.63, 3.8) is 0 Å². The number of nitrogens with two attached hydrogens (primary N) is 1. The van der Waals surface area contributed by atoms with Crippen LogP contribution >= 0.6 is 0 Å². The van der Waals surface area contributed by atoms with Gasteiger partial charge in [0.25, 0.3) is 0 Å². The van der Waals surface area contributed by atoms with Crippen LogP contribution in [0.5, 0.6) is 0 Å². The first-order valence-corrected chi connectivity index (χ1v) is 8.84. The average Bonchev–Trinajstić information content (AvgIpc) is 2.99. The molecule has 0 saturated carbocycles. The van der Waals surface area contributed by atoms with E-state index in [-0.39, 0.29) is 5.91 Å². The molecule has 2 atom stereocenters. The van der Waals surface area contributed by atoms with E-state index in [1.54, 1.807) is 0 Å². The molecule has 2 unspecified atom stereocenters. The van der Waals surface area contributed by atoms with Crippen molar-refractivity contribution in [2.24, 2.45) is 11.7 Å². The van der Waals surface area contributed by atoms with E-state index < -0.39 is 5.54 Å². The highest BCUT2D eigenvalue weighted by atomic mass is 16.2. The van der Waals surface area contributed by atoms with Gasteiger partial charge < -0.3 is 16.0 Å². The van der Waals surface area contributed by atoms with Gasteiger partial charge in [-0.1, -0.05) is 43.7 Å². The average molecular weight is 317 g/mol. The summed E-state index contributed by atoms with van der Waals surface area (Å²) in [7, 11) is 0. The standard InChI is InChI=1S/C19H31N3O/c1-3-11-19(2,20)18(23)21-14-17-10-13-22(15-17)12-9-16-7-5-4-6-8-16/h4-8,17H,3,9-15,20H2,1-2H3,(H,21,23). The number of rotatable bonds is 8. The van der Waals surface area contributed by atoms with E-state index in [0.717, 1.165) is 51.9 Å². The lowest BCUT2D eigenvalue weighted by atomic mass is 9.96. The Morgan fingerprint density at radius 1 is 1.39 bits per heavy atom. The molecule has 3 N–H and O–H groups in total. The number of carbonyl (C=O) groups is 1. The van der Waals surface area contributed by atoms with Gasteiger partial charge in [0.2, 0.25) is 5.91 Å². The van der Waals surface area contributed by atoms with E-state index in [1.165, 1.54) is 5.56 Å². The number of nitrogens with zero attached hydrogens (tertiary/aromatic N) is 1. The van der Waals surface area contributed by atoms with Crippen LogP contribution in [0, 0.1) is 5.92 Å². The molecule has 0 radical (unpaired) electrons. The van der Waals surface area contributed by atoms with Gasteiger partial charge in [-0.15, -0.1) is 0 Å². The van der Waals surface area contributed by atoms with Gasteiger partial charge in [-0.25, -0.2) is 0 Å². The Kier molecular flexibility index (Phi) is 6.60. The summed E-state index contributed by atoms with van der Waals surface area (Å²) in [6.45, 7) is 7.92. The van der Waals surface area contributed by atoms with E-state index in [4.69, 9.17) is 5.73 Å². The minimum Gasteiger partial charge on any atom is -0.354 e. The summed E-state index contributed by atoms with van der Waals surface area (Å²) in [4.78, 5) is 14.7. The van der Waals surface area contributed by atoms with E-state index in [1.807, 2.05) is 6.92 Å². The first kappa shape index (κ1) is 18.0. The predicted molar refractivity (Wildman–Crippen MR) is 95.2 cm³/mol.